The van der Waals surface area contributed by atoms with Crippen LogP contribution in [-0.4, -0.2) is 27.5 Å². The summed E-state index contributed by atoms with van der Waals surface area (Å²) in [7, 11) is -1.87. The molecule has 0 amide bonds. The van der Waals surface area contributed by atoms with Crippen molar-refractivity contribution in [2.45, 2.75) is 18.7 Å². The summed E-state index contributed by atoms with van der Waals surface area (Å²) in [6.07, 6.45) is 1.18. The van der Waals surface area contributed by atoms with Gasteiger partial charge < -0.3 is 4.84 Å². The van der Waals surface area contributed by atoms with Crippen LogP contribution in [0.15, 0.2) is 26.7 Å². The van der Waals surface area contributed by atoms with Crippen LogP contribution in [0, 0.1) is 6.92 Å². The van der Waals surface area contributed by atoms with E-state index >= 15 is 0 Å². The molecule has 0 atom stereocenters. The van der Waals surface area contributed by atoms with Crippen molar-refractivity contribution in [2.75, 3.05) is 13.4 Å². The Balaban J connectivity index is 3.65. The van der Waals surface area contributed by atoms with Gasteiger partial charge in [-0.15, -0.1) is 0 Å². The van der Waals surface area contributed by atoms with E-state index in [0.717, 1.165) is 10.0 Å². The van der Waals surface area contributed by atoms with Crippen LogP contribution >= 0.6 is 15.9 Å². The Morgan fingerprint density at radius 1 is 1.41 bits per heavy atom. The zero-order valence-electron chi connectivity index (χ0n) is 10.1. The smallest absolute Gasteiger partial charge is 0.176 e. The van der Waals surface area contributed by atoms with Gasteiger partial charge in [-0.25, -0.2) is 8.42 Å². The summed E-state index contributed by atoms with van der Waals surface area (Å²) in [5.74, 6) is 0. The SMILES string of the molecule is CON=C(C)c1c(S(C)(=O)=O)ccc(Br)c1C. The molecule has 0 bridgehead atoms. The van der Waals surface area contributed by atoms with Crippen LogP contribution in [0.5, 0.6) is 0 Å². The van der Waals surface area contributed by atoms with E-state index < -0.39 is 9.84 Å². The fourth-order valence-electron chi connectivity index (χ4n) is 1.60. The fourth-order valence-corrected chi connectivity index (χ4v) is 2.92. The first-order valence-electron chi connectivity index (χ1n) is 4.86. The van der Waals surface area contributed by atoms with Crippen LogP contribution in [0.3, 0.4) is 0 Å². The molecule has 0 N–H and O–H groups in total. The largest absolute Gasteiger partial charge is 0.399 e. The van der Waals surface area contributed by atoms with Crippen molar-refractivity contribution in [1.82, 2.24) is 0 Å². The van der Waals surface area contributed by atoms with E-state index in [9.17, 15) is 8.42 Å². The van der Waals surface area contributed by atoms with E-state index in [1.165, 1.54) is 13.4 Å². The molecule has 0 aliphatic rings. The molecule has 0 radical (unpaired) electrons. The first-order chi connectivity index (χ1) is 7.79. The fraction of sp³-hybridized carbons (Fsp3) is 0.364. The van der Waals surface area contributed by atoms with Gasteiger partial charge in [-0.1, -0.05) is 21.1 Å². The topological polar surface area (TPSA) is 55.7 Å². The number of benzene rings is 1. The quantitative estimate of drug-likeness (QED) is 0.635. The third-order valence-electron chi connectivity index (χ3n) is 2.35. The first-order valence-corrected chi connectivity index (χ1v) is 7.54. The second-order valence-corrected chi connectivity index (χ2v) is 6.52. The zero-order valence-corrected chi connectivity index (χ0v) is 12.5. The summed E-state index contributed by atoms with van der Waals surface area (Å²) in [4.78, 5) is 4.96. The van der Waals surface area contributed by atoms with Crippen LogP contribution in [0.1, 0.15) is 18.1 Å². The summed E-state index contributed by atoms with van der Waals surface area (Å²) < 4.78 is 24.3. The number of sulfone groups is 1. The highest BCUT2D eigenvalue weighted by Crippen LogP contribution is 2.27. The molecular weight excluding hydrogens is 306 g/mol. The van der Waals surface area contributed by atoms with Crippen molar-refractivity contribution in [1.29, 1.82) is 0 Å². The zero-order chi connectivity index (χ0) is 13.2. The lowest BCUT2D eigenvalue weighted by Gasteiger charge is -2.12. The minimum atomic E-state index is -3.29. The second-order valence-electron chi connectivity index (χ2n) is 3.68. The average molecular weight is 320 g/mol. The molecular formula is C11H14BrNO3S. The molecule has 0 saturated carbocycles. The number of halogens is 1. The van der Waals surface area contributed by atoms with Gasteiger partial charge in [-0.2, -0.15) is 0 Å². The van der Waals surface area contributed by atoms with E-state index in [1.54, 1.807) is 19.1 Å². The van der Waals surface area contributed by atoms with E-state index in [-0.39, 0.29) is 4.90 Å². The van der Waals surface area contributed by atoms with Crippen LogP contribution in [0.4, 0.5) is 0 Å². The lowest BCUT2D eigenvalue weighted by molar-refractivity contribution is 0.213. The second kappa shape index (κ2) is 5.18. The molecule has 4 nitrogen and oxygen atoms in total. The van der Waals surface area contributed by atoms with Crippen molar-refractivity contribution in [3.63, 3.8) is 0 Å². The third-order valence-corrected chi connectivity index (χ3v) is 4.35. The van der Waals surface area contributed by atoms with Crippen molar-refractivity contribution in [2.24, 2.45) is 5.16 Å². The molecule has 94 valence electrons. The van der Waals surface area contributed by atoms with Crippen molar-refractivity contribution < 1.29 is 13.3 Å². The summed E-state index contributed by atoms with van der Waals surface area (Å²) in [5, 5.41) is 3.80. The van der Waals surface area contributed by atoms with E-state index in [4.69, 9.17) is 4.84 Å². The molecule has 0 aliphatic heterocycles. The Morgan fingerprint density at radius 2 is 2.00 bits per heavy atom. The monoisotopic (exact) mass is 319 g/mol. The van der Waals surface area contributed by atoms with Crippen molar-refractivity contribution in [3.05, 3.63) is 27.7 Å². The molecule has 17 heavy (non-hydrogen) atoms. The summed E-state index contributed by atoms with van der Waals surface area (Å²) in [6, 6.07) is 3.28. The predicted octanol–water partition coefficient (Wildman–Crippen LogP) is 2.53. The van der Waals surface area contributed by atoms with E-state index in [1.807, 2.05) is 6.92 Å². The Bertz CT molecular complexity index is 564. The van der Waals surface area contributed by atoms with Gasteiger partial charge >= 0.3 is 0 Å². The number of hydrogen-bond acceptors (Lipinski definition) is 4. The molecule has 0 fully saturated rings. The van der Waals surface area contributed by atoms with Crippen LogP contribution < -0.4 is 0 Å². The van der Waals surface area contributed by atoms with Gasteiger partial charge in [0.05, 0.1) is 10.6 Å². The normalized spacial score (nSPS) is 12.6. The summed E-state index contributed by atoms with van der Waals surface area (Å²) >= 11 is 3.38. The molecule has 0 unspecified atom stereocenters. The standard InChI is InChI=1S/C11H14BrNO3S/c1-7-9(12)5-6-10(17(4,14)15)11(7)8(2)13-16-3/h5-6H,1-4H3. The summed E-state index contributed by atoms with van der Waals surface area (Å²) in [5.41, 5.74) is 1.95. The molecule has 0 heterocycles. The first kappa shape index (κ1) is 14.2. The molecule has 0 aliphatic carbocycles. The Kier molecular flexibility index (Phi) is 4.32. The van der Waals surface area contributed by atoms with Crippen molar-refractivity contribution >= 4 is 31.5 Å². The third kappa shape index (κ3) is 3.07. The van der Waals surface area contributed by atoms with Gasteiger partial charge in [0.25, 0.3) is 0 Å². The van der Waals surface area contributed by atoms with Crippen molar-refractivity contribution in [3.8, 4) is 0 Å². The van der Waals surface area contributed by atoms with Gasteiger partial charge in [0.15, 0.2) is 9.84 Å². The lowest BCUT2D eigenvalue weighted by atomic mass is 10.1. The van der Waals surface area contributed by atoms with Gasteiger partial charge in [0.1, 0.15) is 7.11 Å². The minimum Gasteiger partial charge on any atom is -0.399 e. The highest BCUT2D eigenvalue weighted by molar-refractivity contribution is 9.10. The summed E-state index contributed by atoms with van der Waals surface area (Å²) in [6.45, 7) is 3.55. The average Bonchev–Trinajstić information content (AvgIpc) is 2.20. The molecule has 0 saturated heterocycles. The van der Waals surface area contributed by atoms with Gasteiger partial charge in [-0.05, 0) is 31.5 Å². The van der Waals surface area contributed by atoms with Gasteiger partial charge in [0.2, 0.25) is 0 Å². The lowest BCUT2D eigenvalue weighted by Crippen LogP contribution is -2.09. The molecule has 0 aromatic heterocycles. The Labute approximate surface area is 110 Å². The highest BCUT2D eigenvalue weighted by atomic mass is 79.9. The van der Waals surface area contributed by atoms with E-state index in [2.05, 4.69) is 21.1 Å². The van der Waals surface area contributed by atoms with Crippen LogP contribution in [0.2, 0.25) is 0 Å². The maximum Gasteiger partial charge on any atom is 0.176 e. The number of oxime groups is 1. The van der Waals surface area contributed by atoms with Crippen LogP contribution in [-0.2, 0) is 14.7 Å². The molecule has 1 aromatic carbocycles. The maximum atomic E-state index is 11.7. The maximum absolute atomic E-state index is 11.7. The molecule has 6 heteroatoms. The number of hydrogen-bond donors (Lipinski definition) is 0. The van der Waals surface area contributed by atoms with Gasteiger partial charge in [0, 0.05) is 16.3 Å². The molecule has 0 spiro atoms. The van der Waals surface area contributed by atoms with Gasteiger partial charge in [-0.3, -0.25) is 0 Å². The molecule has 1 aromatic rings. The van der Waals surface area contributed by atoms with E-state index in [0.29, 0.717) is 11.3 Å². The number of rotatable bonds is 3. The highest BCUT2D eigenvalue weighted by Gasteiger charge is 2.19. The number of nitrogens with zero attached hydrogens (tertiary/aromatic N) is 1. The minimum absolute atomic E-state index is 0.261. The Morgan fingerprint density at radius 3 is 2.47 bits per heavy atom. The Hall–Kier alpha value is -0.880. The molecule has 1 rings (SSSR count). The van der Waals surface area contributed by atoms with Crippen LogP contribution in [0.25, 0.3) is 0 Å². The predicted molar refractivity (Wildman–Crippen MR) is 71.2 cm³/mol.